The van der Waals surface area contributed by atoms with E-state index in [4.69, 9.17) is 9.47 Å². The second-order valence-corrected chi connectivity index (χ2v) is 3.38. The van der Waals surface area contributed by atoms with Crippen molar-refractivity contribution < 1.29 is 14.3 Å². The van der Waals surface area contributed by atoms with Crippen LogP contribution in [0.4, 0.5) is 0 Å². The summed E-state index contributed by atoms with van der Waals surface area (Å²) in [5.74, 6) is 0.0726. The minimum absolute atomic E-state index is 0.0726. The Balaban J connectivity index is 3.91. The molecule has 0 spiro atoms. The highest BCUT2D eigenvalue weighted by Crippen LogP contribution is 1.94. The molecule has 0 aliphatic heterocycles. The van der Waals surface area contributed by atoms with Crippen LogP contribution in [0.5, 0.6) is 0 Å². The van der Waals surface area contributed by atoms with Crippen molar-refractivity contribution in [2.75, 3.05) is 34.4 Å². The highest BCUT2D eigenvalue weighted by Gasteiger charge is 2.17. The van der Waals surface area contributed by atoms with E-state index in [1.165, 1.54) is 0 Å². The topological polar surface area (TPSA) is 50.8 Å². The summed E-state index contributed by atoms with van der Waals surface area (Å²) in [6.07, 6.45) is -0.313. The number of nitrogens with one attached hydrogen (secondary N) is 1. The summed E-state index contributed by atoms with van der Waals surface area (Å²) in [5.41, 5.74) is 0. The summed E-state index contributed by atoms with van der Waals surface area (Å²) < 4.78 is 10.0. The van der Waals surface area contributed by atoms with Crippen LogP contribution in [0.25, 0.3) is 0 Å². The molecule has 0 radical (unpaired) electrons. The first kappa shape index (κ1) is 14.3. The van der Waals surface area contributed by atoms with Crippen molar-refractivity contribution in [2.45, 2.75) is 26.2 Å². The molecule has 0 rings (SSSR count). The largest absolute Gasteiger partial charge is 0.355 e. The molecule has 15 heavy (non-hydrogen) atoms. The molecule has 0 aliphatic carbocycles. The van der Waals surface area contributed by atoms with Crippen LogP contribution in [0.1, 0.15) is 13.8 Å². The van der Waals surface area contributed by atoms with Crippen LogP contribution < -0.4 is 5.32 Å². The number of ether oxygens (including phenoxy) is 2. The number of nitrogens with zero attached hydrogens (tertiary/aromatic N) is 1. The summed E-state index contributed by atoms with van der Waals surface area (Å²) >= 11 is 0. The number of hydrogen-bond acceptors (Lipinski definition) is 4. The van der Waals surface area contributed by atoms with E-state index in [1.54, 1.807) is 26.2 Å². The van der Waals surface area contributed by atoms with E-state index in [0.29, 0.717) is 13.1 Å². The monoisotopic (exact) mass is 218 g/mol. The normalized spacial score (nSPS) is 12.9. The summed E-state index contributed by atoms with van der Waals surface area (Å²) in [7, 11) is 4.92. The molecule has 0 aromatic carbocycles. The Labute approximate surface area is 91.7 Å². The maximum atomic E-state index is 11.6. The van der Waals surface area contributed by atoms with Gasteiger partial charge in [0.2, 0.25) is 5.91 Å². The fourth-order valence-electron chi connectivity index (χ4n) is 1.11. The molecule has 0 saturated heterocycles. The minimum atomic E-state index is -0.313. The van der Waals surface area contributed by atoms with Crippen molar-refractivity contribution in [2.24, 2.45) is 0 Å². The van der Waals surface area contributed by atoms with Crippen molar-refractivity contribution >= 4 is 5.91 Å². The predicted molar refractivity (Wildman–Crippen MR) is 58.6 cm³/mol. The lowest BCUT2D eigenvalue weighted by Crippen LogP contribution is -2.45. The smallest absolute Gasteiger partial charge is 0.239 e. The lowest BCUT2D eigenvalue weighted by Gasteiger charge is -2.22. The van der Waals surface area contributed by atoms with E-state index in [1.807, 2.05) is 13.8 Å². The Hall–Kier alpha value is -0.650. The molecule has 1 atom stereocenters. The molecular formula is C10H22N2O3. The molecule has 90 valence electrons. The molecule has 0 fully saturated rings. The SMILES string of the molecule is CCN(C)C(=O)C(C)NCC(OC)OC. The number of hydrogen-bond donors (Lipinski definition) is 1. The zero-order valence-electron chi connectivity index (χ0n) is 10.2. The van der Waals surface area contributed by atoms with E-state index >= 15 is 0 Å². The molecule has 0 aliphatic rings. The molecular weight excluding hydrogens is 196 g/mol. The van der Waals surface area contributed by atoms with E-state index in [2.05, 4.69) is 5.32 Å². The summed E-state index contributed by atoms with van der Waals surface area (Å²) in [6.45, 7) is 4.98. The van der Waals surface area contributed by atoms with Gasteiger partial charge < -0.3 is 19.7 Å². The van der Waals surface area contributed by atoms with Gasteiger partial charge in [-0.25, -0.2) is 0 Å². The molecule has 5 heteroatoms. The number of rotatable bonds is 7. The average Bonchev–Trinajstić information content (AvgIpc) is 2.27. The van der Waals surface area contributed by atoms with Gasteiger partial charge in [0.25, 0.3) is 0 Å². The lowest BCUT2D eigenvalue weighted by molar-refractivity contribution is -0.132. The van der Waals surface area contributed by atoms with Crippen molar-refractivity contribution in [3.8, 4) is 0 Å². The van der Waals surface area contributed by atoms with E-state index in [0.717, 1.165) is 0 Å². The number of likely N-dealkylation sites (N-methyl/N-ethyl adjacent to an activating group) is 1. The number of carbonyl (C=O) groups is 1. The van der Waals surface area contributed by atoms with Gasteiger partial charge in [0.1, 0.15) is 0 Å². The molecule has 0 aromatic heterocycles. The molecule has 0 heterocycles. The molecule has 1 unspecified atom stereocenters. The van der Waals surface area contributed by atoms with Crippen LogP contribution in [-0.2, 0) is 14.3 Å². The van der Waals surface area contributed by atoms with Gasteiger partial charge in [0.05, 0.1) is 6.04 Å². The molecule has 0 aromatic rings. The van der Waals surface area contributed by atoms with Gasteiger partial charge >= 0.3 is 0 Å². The zero-order valence-corrected chi connectivity index (χ0v) is 10.2. The van der Waals surface area contributed by atoms with E-state index < -0.39 is 0 Å². The first-order valence-corrected chi connectivity index (χ1v) is 5.10. The highest BCUT2D eigenvalue weighted by atomic mass is 16.7. The Morgan fingerprint density at radius 2 is 1.93 bits per heavy atom. The van der Waals surface area contributed by atoms with Crippen LogP contribution in [0, 0.1) is 0 Å². The van der Waals surface area contributed by atoms with Crippen molar-refractivity contribution in [1.82, 2.24) is 10.2 Å². The molecule has 1 N–H and O–H groups in total. The van der Waals surface area contributed by atoms with Crippen molar-refractivity contribution in [3.05, 3.63) is 0 Å². The van der Waals surface area contributed by atoms with Gasteiger partial charge in [-0.2, -0.15) is 0 Å². The maximum absolute atomic E-state index is 11.6. The van der Waals surface area contributed by atoms with Gasteiger partial charge in [0.15, 0.2) is 6.29 Å². The zero-order chi connectivity index (χ0) is 11.8. The number of carbonyl (C=O) groups excluding carboxylic acids is 1. The van der Waals surface area contributed by atoms with Crippen LogP contribution in [0.15, 0.2) is 0 Å². The van der Waals surface area contributed by atoms with Crippen LogP contribution in [-0.4, -0.2) is 57.5 Å². The highest BCUT2D eigenvalue weighted by molar-refractivity contribution is 5.81. The van der Waals surface area contributed by atoms with Crippen LogP contribution in [0.2, 0.25) is 0 Å². The summed E-state index contributed by atoms with van der Waals surface area (Å²) in [5, 5.41) is 3.06. The summed E-state index contributed by atoms with van der Waals surface area (Å²) in [4.78, 5) is 13.3. The minimum Gasteiger partial charge on any atom is -0.355 e. The predicted octanol–water partition coefficient (Wildman–Crippen LogP) is 0.0617. The van der Waals surface area contributed by atoms with Gasteiger partial charge in [-0.05, 0) is 13.8 Å². The van der Waals surface area contributed by atoms with E-state index in [9.17, 15) is 4.79 Å². The van der Waals surface area contributed by atoms with Crippen molar-refractivity contribution in [1.29, 1.82) is 0 Å². The van der Waals surface area contributed by atoms with Gasteiger partial charge in [-0.1, -0.05) is 0 Å². The standard InChI is InChI=1S/C10H22N2O3/c1-6-12(3)10(13)8(2)11-7-9(14-4)15-5/h8-9,11H,6-7H2,1-5H3. The Morgan fingerprint density at radius 3 is 2.33 bits per heavy atom. The van der Waals surface area contributed by atoms with Gasteiger partial charge in [-0.3, -0.25) is 4.79 Å². The fraction of sp³-hybridized carbons (Fsp3) is 0.900. The lowest BCUT2D eigenvalue weighted by atomic mass is 10.3. The Morgan fingerprint density at radius 1 is 1.40 bits per heavy atom. The number of methoxy groups -OCH3 is 2. The first-order chi connectivity index (χ1) is 7.06. The number of amides is 1. The third-order valence-corrected chi connectivity index (χ3v) is 2.34. The van der Waals surface area contributed by atoms with Crippen LogP contribution in [0.3, 0.4) is 0 Å². The third-order valence-electron chi connectivity index (χ3n) is 2.34. The maximum Gasteiger partial charge on any atom is 0.239 e. The van der Waals surface area contributed by atoms with Crippen LogP contribution >= 0.6 is 0 Å². The second kappa shape index (κ2) is 7.62. The third kappa shape index (κ3) is 5.11. The van der Waals surface area contributed by atoms with Gasteiger partial charge in [-0.15, -0.1) is 0 Å². The first-order valence-electron chi connectivity index (χ1n) is 5.10. The Kier molecular flexibility index (Phi) is 7.29. The molecule has 1 amide bonds. The Bertz CT molecular complexity index is 184. The molecule has 5 nitrogen and oxygen atoms in total. The average molecular weight is 218 g/mol. The fourth-order valence-corrected chi connectivity index (χ4v) is 1.11. The van der Waals surface area contributed by atoms with E-state index in [-0.39, 0.29) is 18.2 Å². The second-order valence-electron chi connectivity index (χ2n) is 3.38. The van der Waals surface area contributed by atoms with Gasteiger partial charge in [0, 0.05) is 34.4 Å². The molecule has 0 saturated carbocycles. The molecule has 0 bridgehead atoms. The quantitative estimate of drug-likeness (QED) is 0.614. The summed E-state index contributed by atoms with van der Waals surface area (Å²) in [6, 6.07) is -0.220. The van der Waals surface area contributed by atoms with Crippen molar-refractivity contribution in [3.63, 3.8) is 0 Å².